The SMILES string of the molecule is Cc1ccc(N2C(=O)N(CC(=O)N(C)Cc3nc4ccsc4c(=O)[nH]3)C(=O)[C@@H]2C)cc1. The maximum Gasteiger partial charge on any atom is 0.332 e. The van der Waals surface area contributed by atoms with Crippen molar-refractivity contribution in [2.75, 3.05) is 18.5 Å². The Hall–Kier alpha value is -3.53. The Morgan fingerprint density at radius 2 is 1.90 bits per heavy atom. The van der Waals surface area contributed by atoms with Crippen molar-refractivity contribution in [3.05, 3.63) is 57.5 Å². The summed E-state index contributed by atoms with van der Waals surface area (Å²) in [5.41, 5.74) is 1.95. The van der Waals surface area contributed by atoms with Gasteiger partial charge in [0.2, 0.25) is 5.91 Å². The Bertz CT molecular complexity index is 1230. The second kappa shape index (κ2) is 7.95. The number of carbonyl (C=O) groups is 3. The molecule has 4 amide bonds. The van der Waals surface area contributed by atoms with E-state index >= 15 is 0 Å². The third kappa shape index (κ3) is 3.81. The van der Waals surface area contributed by atoms with Crippen LogP contribution in [-0.2, 0) is 16.1 Å². The number of benzene rings is 1. The summed E-state index contributed by atoms with van der Waals surface area (Å²) < 4.78 is 0.524. The molecule has 1 aliphatic heterocycles. The largest absolute Gasteiger partial charge is 0.337 e. The van der Waals surface area contributed by atoms with Crippen LogP contribution in [0.2, 0.25) is 0 Å². The van der Waals surface area contributed by atoms with Crippen molar-refractivity contribution in [2.45, 2.75) is 26.4 Å². The first-order valence-corrected chi connectivity index (χ1v) is 10.6. The van der Waals surface area contributed by atoms with E-state index in [2.05, 4.69) is 9.97 Å². The fourth-order valence-corrected chi connectivity index (χ4v) is 4.20. The first-order valence-electron chi connectivity index (χ1n) is 9.68. The maximum absolute atomic E-state index is 12.9. The molecule has 31 heavy (non-hydrogen) atoms. The van der Waals surface area contributed by atoms with Gasteiger partial charge in [-0.25, -0.2) is 9.78 Å². The van der Waals surface area contributed by atoms with E-state index in [9.17, 15) is 19.2 Å². The zero-order valence-corrected chi connectivity index (χ0v) is 18.1. The van der Waals surface area contributed by atoms with Gasteiger partial charge in [0.15, 0.2) is 0 Å². The van der Waals surface area contributed by atoms with Crippen LogP contribution < -0.4 is 10.5 Å². The zero-order valence-electron chi connectivity index (χ0n) is 17.3. The van der Waals surface area contributed by atoms with Gasteiger partial charge >= 0.3 is 6.03 Å². The normalized spacial score (nSPS) is 16.4. The molecule has 1 aliphatic rings. The number of hydrogen-bond acceptors (Lipinski definition) is 6. The number of rotatable bonds is 5. The fraction of sp³-hybridized carbons (Fsp3) is 0.286. The van der Waals surface area contributed by atoms with Gasteiger partial charge in [0, 0.05) is 12.7 Å². The number of aromatic amines is 1. The highest BCUT2D eigenvalue weighted by atomic mass is 32.1. The molecule has 3 aromatic rings. The van der Waals surface area contributed by atoms with Gasteiger partial charge in [-0.1, -0.05) is 17.7 Å². The van der Waals surface area contributed by atoms with Gasteiger partial charge in [-0.05, 0) is 37.4 Å². The van der Waals surface area contributed by atoms with Crippen LogP contribution in [0.15, 0.2) is 40.5 Å². The lowest BCUT2D eigenvalue weighted by Gasteiger charge is -2.21. The van der Waals surface area contributed by atoms with Crippen molar-refractivity contribution in [3.63, 3.8) is 0 Å². The number of urea groups is 1. The summed E-state index contributed by atoms with van der Waals surface area (Å²) in [7, 11) is 1.53. The summed E-state index contributed by atoms with van der Waals surface area (Å²) in [5.74, 6) is -0.535. The van der Waals surface area contributed by atoms with Gasteiger partial charge in [-0.15, -0.1) is 11.3 Å². The third-order valence-corrected chi connectivity index (χ3v) is 6.13. The molecule has 3 heterocycles. The fourth-order valence-electron chi connectivity index (χ4n) is 3.48. The Balaban J connectivity index is 1.47. The summed E-state index contributed by atoms with van der Waals surface area (Å²) in [4.78, 5) is 61.1. The Morgan fingerprint density at radius 1 is 1.19 bits per heavy atom. The molecule has 1 atom stereocenters. The first kappa shape index (κ1) is 20.7. The number of aryl methyl sites for hydroxylation is 1. The van der Waals surface area contributed by atoms with Crippen LogP contribution in [-0.4, -0.2) is 57.2 Å². The van der Waals surface area contributed by atoms with E-state index in [1.807, 2.05) is 19.1 Å². The molecule has 160 valence electrons. The molecular weight excluding hydrogens is 418 g/mol. The molecule has 9 nitrogen and oxygen atoms in total. The highest BCUT2D eigenvalue weighted by Gasteiger charge is 2.44. The summed E-state index contributed by atoms with van der Waals surface area (Å²) in [6.45, 7) is 3.24. The highest BCUT2D eigenvalue weighted by Crippen LogP contribution is 2.26. The van der Waals surface area contributed by atoms with Crippen LogP contribution in [0.3, 0.4) is 0 Å². The summed E-state index contributed by atoms with van der Waals surface area (Å²) >= 11 is 1.30. The minimum atomic E-state index is -0.702. The number of aromatic nitrogens is 2. The van der Waals surface area contributed by atoms with Crippen molar-refractivity contribution in [2.24, 2.45) is 0 Å². The quantitative estimate of drug-likeness (QED) is 0.613. The summed E-state index contributed by atoms with van der Waals surface area (Å²) in [6, 6.07) is 7.78. The molecule has 1 aromatic carbocycles. The third-order valence-electron chi connectivity index (χ3n) is 5.23. The minimum absolute atomic E-state index is 0.0489. The minimum Gasteiger partial charge on any atom is -0.337 e. The lowest BCUT2D eigenvalue weighted by molar-refractivity contribution is -0.136. The topological polar surface area (TPSA) is 107 Å². The van der Waals surface area contributed by atoms with Crippen LogP contribution in [0.25, 0.3) is 10.2 Å². The molecule has 0 unspecified atom stereocenters. The molecule has 10 heteroatoms. The summed E-state index contributed by atoms with van der Waals surface area (Å²) in [6.07, 6.45) is 0. The van der Waals surface area contributed by atoms with Crippen LogP contribution >= 0.6 is 11.3 Å². The number of likely N-dealkylation sites (N-methyl/N-ethyl adjacent to an activating group) is 1. The number of hydrogen-bond donors (Lipinski definition) is 1. The van der Waals surface area contributed by atoms with Gasteiger partial charge in [0.1, 0.15) is 23.1 Å². The number of H-pyrrole nitrogens is 1. The van der Waals surface area contributed by atoms with Gasteiger partial charge in [-0.2, -0.15) is 0 Å². The Morgan fingerprint density at radius 3 is 2.61 bits per heavy atom. The lowest BCUT2D eigenvalue weighted by Crippen LogP contribution is -2.42. The second-order valence-electron chi connectivity index (χ2n) is 7.49. The van der Waals surface area contributed by atoms with E-state index in [1.165, 1.54) is 28.2 Å². The van der Waals surface area contributed by atoms with E-state index in [-0.39, 0.29) is 18.6 Å². The number of amides is 4. The van der Waals surface area contributed by atoms with E-state index in [0.29, 0.717) is 21.7 Å². The molecule has 2 aromatic heterocycles. The van der Waals surface area contributed by atoms with Crippen molar-refractivity contribution in [3.8, 4) is 0 Å². The van der Waals surface area contributed by atoms with Gasteiger partial charge in [0.05, 0.1) is 12.1 Å². The number of nitrogens with zero attached hydrogens (tertiary/aromatic N) is 4. The van der Waals surface area contributed by atoms with E-state index < -0.39 is 23.9 Å². The molecule has 0 saturated carbocycles. The van der Waals surface area contributed by atoms with Crippen LogP contribution in [0.1, 0.15) is 18.3 Å². The molecule has 0 radical (unpaired) electrons. The smallest absolute Gasteiger partial charge is 0.332 e. The van der Waals surface area contributed by atoms with E-state index in [4.69, 9.17) is 0 Å². The van der Waals surface area contributed by atoms with Crippen LogP contribution in [0.5, 0.6) is 0 Å². The highest BCUT2D eigenvalue weighted by molar-refractivity contribution is 7.17. The van der Waals surface area contributed by atoms with Crippen LogP contribution in [0.4, 0.5) is 10.5 Å². The van der Waals surface area contributed by atoms with Crippen molar-refractivity contribution < 1.29 is 14.4 Å². The van der Waals surface area contributed by atoms with Gasteiger partial charge in [-0.3, -0.25) is 24.2 Å². The van der Waals surface area contributed by atoms with E-state index in [0.717, 1.165) is 10.5 Å². The number of anilines is 1. The lowest BCUT2D eigenvalue weighted by atomic mass is 10.2. The van der Waals surface area contributed by atoms with Crippen molar-refractivity contribution >= 4 is 45.1 Å². The van der Waals surface area contributed by atoms with E-state index in [1.54, 1.807) is 30.5 Å². The van der Waals surface area contributed by atoms with Gasteiger partial charge < -0.3 is 9.88 Å². The molecule has 0 bridgehead atoms. The molecular formula is C21H21N5O4S. The standard InChI is InChI=1S/C21H21N5O4S/c1-12-4-6-14(7-5-12)26-13(2)20(29)25(21(26)30)11-17(27)24(3)10-16-22-15-8-9-31-18(15)19(28)23-16/h4-9,13H,10-11H2,1-3H3,(H,22,23,28)/t13-/m0/s1. The number of fused-ring (bicyclic) bond motifs is 1. The maximum atomic E-state index is 12.9. The second-order valence-corrected chi connectivity index (χ2v) is 8.40. The predicted octanol–water partition coefficient (Wildman–Crippen LogP) is 2.11. The van der Waals surface area contributed by atoms with Crippen LogP contribution in [0, 0.1) is 6.92 Å². The number of carbonyl (C=O) groups excluding carboxylic acids is 3. The number of thiophene rings is 1. The zero-order chi connectivity index (χ0) is 22.3. The van der Waals surface area contributed by atoms with Crippen molar-refractivity contribution in [1.82, 2.24) is 19.8 Å². The molecule has 4 rings (SSSR count). The molecule has 1 fully saturated rings. The predicted molar refractivity (Wildman–Crippen MR) is 117 cm³/mol. The summed E-state index contributed by atoms with van der Waals surface area (Å²) in [5, 5.41) is 1.77. The number of nitrogens with one attached hydrogen (secondary N) is 1. The average molecular weight is 439 g/mol. The molecule has 1 N–H and O–H groups in total. The average Bonchev–Trinajstić information content (AvgIpc) is 3.28. The van der Waals surface area contributed by atoms with Crippen molar-refractivity contribution in [1.29, 1.82) is 0 Å². The first-order chi connectivity index (χ1) is 14.8. The number of imide groups is 1. The monoisotopic (exact) mass is 439 g/mol. The van der Waals surface area contributed by atoms with Gasteiger partial charge in [0.25, 0.3) is 11.5 Å². The molecule has 0 spiro atoms. The molecule has 0 aliphatic carbocycles. The Labute approximate surface area is 181 Å². The molecule has 1 saturated heterocycles. The Kier molecular flexibility index (Phi) is 5.32.